The van der Waals surface area contributed by atoms with Crippen LogP contribution in [-0.2, 0) is 0 Å². The molecule has 0 radical (unpaired) electrons. The van der Waals surface area contributed by atoms with Crippen LogP contribution in [0, 0.1) is 10.6 Å². The van der Waals surface area contributed by atoms with Crippen LogP contribution < -0.4 is 5.56 Å². The van der Waals surface area contributed by atoms with E-state index in [1.165, 1.54) is 34.1 Å². The van der Waals surface area contributed by atoms with Crippen molar-refractivity contribution in [2.45, 2.75) is 0 Å². The minimum atomic E-state index is -0.518. The van der Waals surface area contributed by atoms with E-state index in [2.05, 4.69) is 4.98 Å². The number of hydrogen-bond donors (Lipinski definition) is 1. The maximum Gasteiger partial charge on any atom is 0.276 e. The Kier molecular flexibility index (Phi) is 3.00. The lowest BCUT2D eigenvalue weighted by molar-refractivity contribution is 0.626. The first-order valence-electron chi connectivity index (χ1n) is 5.25. The van der Waals surface area contributed by atoms with Gasteiger partial charge in [0, 0.05) is 5.02 Å². The van der Waals surface area contributed by atoms with Crippen LogP contribution in [0.1, 0.15) is 0 Å². The number of rotatable bonds is 1. The second kappa shape index (κ2) is 4.56. The van der Waals surface area contributed by atoms with Crippen molar-refractivity contribution < 1.29 is 4.39 Å². The lowest BCUT2D eigenvalue weighted by Gasteiger charge is -2.07. The van der Waals surface area contributed by atoms with Crippen molar-refractivity contribution in [1.82, 2.24) is 9.55 Å². The van der Waals surface area contributed by atoms with Crippen LogP contribution in [0.25, 0.3) is 15.9 Å². The third-order valence-corrected chi connectivity index (χ3v) is 4.02. The molecule has 0 atom stereocenters. The number of aromatic nitrogens is 2. The number of hydrogen-bond acceptors (Lipinski definition) is 3. The lowest BCUT2D eigenvalue weighted by atomic mass is 10.3. The average molecular weight is 313 g/mol. The fourth-order valence-corrected chi connectivity index (χ4v) is 3.13. The molecule has 0 fully saturated rings. The van der Waals surface area contributed by atoms with Gasteiger partial charge in [-0.3, -0.25) is 9.36 Å². The fourth-order valence-electron chi connectivity index (χ4n) is 1.84. The van der Waals surface area contributed by atoms with Gasteiger partial charge in [-0.1, -0.05) is 11.6 Å². The molecule has 19 heavy (non-hydrogen) atoms. The van der Waals surface area contributed by atoms with Gasteiger partial charge in [-0.05, 0) is 41.9 Å². The molecule has 3 aromatic rings. The number of nitrogens with zero attached hydrogens (tertiary/aromatic N) is 1. The summed E-state index contributed by atoms with van der Waals surface area (Å²) in [4.78, 5) is 15.3. The van der Waals surface area contributed by atoms with Crippen LogP contribution in [0.4, 0.5) is 4.39 Å². The van der Waals surface area contributed by atoms with Crippen LogP contribution in [0.2, 0.25) is 5.02 Å². The van der Waals surface area contributed by atoms with Gasteiger partial charge in [0.25, 0.3) is 5.56 Å². The molecule has 0 unspecified atom stereocenters. The molecule has 3 rings (SSSR count). The second-order valence-corrected chi connectivity index (χ2v) is 5.60. The van der Waals surface area contributed by atoms with E-state index in [4.69, 9.17) is 23.8 Å². The van der Waals surface area contributed by atoms with E-state index in [-0.39, 0.29) is 15.4 Å². The molecule has 0 aliphatic rings. The molecule has 3 nitrogen and oxygen atoms in total. The highest BCUT2D eigenvalue weighted by molar-refractivity contribution is 7.71. The maximum absolute atomic E-state index is 13.4. The van der Waals surface area contributed by atoms with Crippen molar-refractivity contribution in [1.29, 1.82) is 0 Å². The zero-order chi connectivity index (χ0) is 13.6. The van der Waals surface area contributed by atoms with Gasteiger partial charge >= 0.3 is 0 Å². The van der Waals surface area contributed by atoms with E-state index in [0.29, 0.717) is 15.9 Å². The molecule has 1 N–H and O–H groups in total. The summed E-state index contributed by atoms with van der Waals surface area (Å²) in [5.74, 6) is -0.518. The topological polar surface area (TPSA) is 37.8 Å². The van der Waals surface area contributed by atoms with Gasteiger partial charge in [-0.2, -0.15) is 0 Å². The third kappa shape index (κ3) is 2.11. The largest absolute Gasteiger partial charge is 0.331 e. The molecule has 0 aliphatic carbocycles. The summed E-state index contributed by atoms with van der Waals surface area (Å²) in [6, 6.07) is 5.66. The molecule has 0 aliphatic heterocycles. The van der Waals surface area contributed by atoms with Crippen LogP contribution in [0.3, 0.4) is 0 Å². The SMILES string of the molecule is O=c1c2sccc2[nH]c(=S)n1-c1cc(F)cc(Cl)c1. The number of H-pyrrole nitrogens is 1. The first kappa shape index (κ1) is 12.5. The minimum absolute atomic E-state index is 0.206. The lowest BCUT2D eigenvalue weighted by Crippen LogP contribution is -2.19. The Hall–Kier alpha value is -1.50. The van der Waals surface area contributed by atoms with E-state index < -0.39 is 5.82 Å². The van der Waals surface area contributed by atoms with Crippen LogP contribution >= 0.6 is 35.2 Å². The maximum atomic E-state index is 13.4. The standard InChI is InChI=1S/C12H6ClFN2OS2/c13-6-3-7(14)5-8(4-6)16-11(17)10-9(1-2-19-10)15-12(16)18/h1-5H,(H,15,18). The van der Waals surface area contributed by atoms with Crippen LogP contribution in [0.5, 0.6) is 0 Å². The highest BCUT2D eigenvalue weighted by Gasteiger charge is 2.10. The number of benzene rings is 1. The molecule has 0 saturated heterocycles. The van der Waals surface area contributed by atoms with E-state index in [0.717, 1.165) is 0 Å². The summed E-state index contributed by atoms with van der Waals surface area (Å²) in [6.07, 6.45) is 0. The third-order valence-electron chi connectivity index (χ3n) is 2.61. The Bertz CT molecular complexity index is 876. The van der Waals surface area contributed by atoms with Gasteiger partial charge in [0.2, 0.25) is 0 Å². The second-order valence-electron chi connectivity index (χ2n) is 3.86. The zero-order valence-corrected chi connectivity index (χ0v) is 11.7. The van der Waals surface area contributed by atoms with Gasteiger partial charge in [0.15, 0.2) is 4.77 Å². The van der Waals surface area contributed by atoms with Gasteiger partial charge in [-0.15, -0.1) is 11.3 Å². The first-order chi connectivity index (χ1) is 9.06. The Labute approximate surface area is 120 Å². The predicted molar refractivity (Wildman–Crippen MR) is 77.6 cm³/mol. The molecule has 2 aromatic heterocycles. The molecular weight excluding hydrogens is 307 g/mol. The smallest absolute Gasteiger partial charge is 0.276 e. The molecule has 0 spiro atoms. The summed E-state index contributed by atoms with van der Waals surface area (Å²) in [6.45, 7) is 0. The number of thiophene rings is 1. The molecule has 0 bridgehead atoms. The minimum Gasteiger partial charge on any atom is -0.331 e. The average Bonchev–Trinajstić information content (AvgIpc) is 2.75. The van der Waals surface area contributed by atoms with Crippen molar-refractivity contribution in [2.24, 2.45) is 0 Å². The predicted octanol–water partition coefficient (Wildman–Crippen LogP) is 3.90. The number of nitrogens with one attached hydrogen (secondary N) is 1. The summed E-state index contributed by atoms with van der Waals surface area (Å²) in [5.41, 5.74) is 0.709. The normalized spacial score (nSPS) is 11.1. The van der Waals surface area contributed by atoms with Gasteiger partial charge in [0.05, 0.1) is 11.2 Å². The van der Waals surface area contributed by atoms with E-state index in [9.17, 15) is 9.18 Å². The molecule has 96 valence electrons. The number of halogens is 2. The molecule has 2 heterocycles. The summed E-state index contributed by atoms with van der Waals surface area (Å²) in [7, 11) is 0. The molecule has 0 amide bonds. The van der Waals surface area contributed by atoms with Crippen molar-refractivity contribution in [3.8, 4) is 5.69 Å². The quantitative estimate of drug-likeness (QED) is 0.692. The zero-order valence-electron chi connectivity index (χ0n) is 9.31. The Morgan fingerprint density at radius 3 is 2.89 bits per heavy atom. The molecular formula is C12H6ClFN2OS2. The molecule has 0 saturated carbocycles. The Balaban J connectivity index is 2.42. The highest BCUT2D eigenvalue weighted by atomic mass is 35.5. The van der Waals surface area contributed by atoms with Crippen molar-refractivity contribution >= 4 is 45.4 Å². The summed E-state index contributed by atoms with van der Waals surface area (Å²) in [5, 5.41) is 2.00. The number of fused-ring (bicyclic) bond motifs is 1. The van der Waals surface area contributed by atoms with Crippen molar-refractivity contribution in [2.75, 3.05) is 0 Å². The first-order valence-corrected chi connectivity index (χ1v) is 6.92. The summed E-state index contributed by atoms with van der Waals surface area (Å²) < 4.78 is 15.4. The highest BCUT2D eigenvalue weighted by Crippen LogP contribution is 2.19. The summed E-state index contributed by atoms with van der Waals surface area (Å²) >= 11 is 12.3. The fraction of sp³-hybridized carbons (Fsp3) is 0. The van der Waals surface area contributed by atoms with Crippen molar-refractivity contribution in [3.05, 3.63) is 55.6 Å². The Morgan fingerprint density at radius 1 is 1.37 bits per heavy atom. The van der Waals surface area contributed by atoms with E-state index in [1.54, 1.807) is 11.4 Å². The van der Waals surface area contributed by atoms with E-state index in [1.807, 2.05) is 0 Å². The number of aromatic amines is 1. The van der Waals surface area contributed by atoms with Crippen molar-refractivity contribution in [3.63, 3.8) is 0 Å². The van der Waals surface area contributed by atoms with Gasteiger partial charge < -0.3 is 4.98 Å². The molecule has 1 aromatic carbocycles. The molecule has 7 heteroatoms. The monoisotopic (exact) mass is 312 g/mol. The van der Waals surface area contributed by atoms with Crippen LogP contribution in [0.15, 0.2) is 34.4 Å². The van der Waals surface area contributed by atoms with Gasteiger partial charge in [0.1, 0.15) is 10.5 Å². The van der Waals surface area contributed by atoms with Crippen LogP contribution in [-0.4, -0.2) is 9.55 Å². The van der Waals surface area contributed by atoms with E-state index >= 15 is 0 Å². The Morgan fingerprint density at radius 2 is 2.16 bits per heavy atom. The van der Waals surface area contributed by atoms with Gasteiger partial charge in [-0.25, -0.2) is 4.39 Å².